The Bertz CT molecular complexity index is 505. The van der Waals surface area contributed by atoms with Crippen molar-refractivity contribution < 1.29 is 4.79 Å². The molecule has 0 atom stereocenters. The van der Waals surface area contributed by atoms with Crippen molar-refractivity contribution in [3.8, 4) is 5.69 Å². The Morgan fingerprint density at radius 2 is 2.33 bits per heavy atom. The standard InChI is InChI=1S/C9H9N5O/c1-6-5-12-14(13-6)7-3-2-4-11-8(7)9(10)15/h2-5H,1H3,(H2,10,15). The fourth-order valence-corrected chi connectivity index (χ4v) is 1.20. The Balaban J connectivity index is 2.57. The molecule has 0 fully saturated rings. The lowest BCUT2D eigenvalue weighted by atomic mass is 10.3. The van der Waals surface area contributed by atoms with Gasteiger partial charge in [0.05, 0.1) is 11.9 Å². The molecule has 6 nitrogen and oxygen atoms in total. The molecule has 0 saturated carbocycles. The largest absolute Gasteiger partial charge is 0.364 e. The molecule has 76 valence electrons. The smallest absolute Gasteiger partial charge is 0.269 e. The molecule has 0 saturated heterocycles. The number of carbonyl (C=O) groups excluding carboxylic acids is 1. The third kappa shape index (κ3) is 1.69. The van der Waals surface area contributed by atoms with Gasteiger partial charge in [-0.3, -0.25) is 4.79 Å². The topological polar surface area (TPSA) is 86.7 Å². The quantitative estimate of drug-likeness (QED) is 0.748. The predicted octanol–water partition coefficient (Wildman–Crippen LogP) is 0.0696. The normalized spacial score (nSPS) is 10.2. The van der Waals surface area contributed by atoms with Crippen LogP contribution in [0.1, 0.15) is 16.2 Å². The third-order valence-electron chi connectivity index (χ3n) is 1.84. The van der Waals surface area contributed by atoms with Crippen LogP contribution in [0.3, 0.4) is 0 Å². The fraction of sp³-hybridized carbons (Fsp3) is 0.111. The van der Waals surface area contributed by atoms with Crippen molar-refractivity contribution in [1.29, 1.82) is 0 Å². The van der Waals surface area contributed by atoms with Crippen LogP contribution in [0.15, 0.2) is 24.5 Å². The summed E-state index contributed by atoms with van der Waals surface area (Å²) in [4.78, 5) is 16.3. The minimum atomic E-state index is -0.597. The van der Waals surface area contributed by atoms with Crippen molar-refractivity contribution >= 4 is 5.91 Å². The highest BCUT2D eigenvalue weighted by Crippen LogP contribution is 2.08. The highest BCUT2D eigenvalue weighted by atomic mass is 16.1. The Labute approximate surface area is 85.7 Å². The first-order valence-electron chi connectivity index (χ1n) is 4.32. The molecule has 0 aromatic carbocycles. The van der Waals surface area contributed by atoms with E-state index in [9.17, 15) is 4.79 Å². The monoisotopic (exact) mass is 203 g/mol. The van der Waals surface area contributed by atoms with E-state index in [0.717, 1.165) is 5.69 Å². The van der Waals surface area contributed by atoms with Gasteiger partial charge in [-0.1, -0.05) is 0 Å². The number of carbonyl (C=O) groups is 1. The van der Waals surface area contributed by atoms with Gasteiger partial charge in [-0.25, -0.2) is 4.98 Å². The molecule has 2 aromatic rings. The number of aromatic nitrogens is 4. The second kappa shape index (κ2) is 3.49. The second-order valence-corrected chi connectivity index (χ2v) is 3.01. The van der Waals surface area contributed by atoms with Crippen LogP contribution in [-0.2, 0) is 0 Å². The molecule has 2 N–H and O–H groups in total. The lowest BCUT2D eigenvalue weighted by molar-refractivity contribution is 0.0995. The molecule has 0 aliphatic heterocycles. The molecule has 15 heavy (non-hydrogen) atoms. The summed E-state index contributed by atoms with van der Waals surface area (Å²) >= 11 is 0. The van der Waals surface area contributed by atoms with E-state index in [4.69, 9.17) is 5.73 Å². The summed E-state index contributed by atoms with van der Waals surface area (Å²) in [6.07, 6.45) is 3.09. The van der Waals surface area contributed by atoms with E-state index in [1.807, 2.05) is 6.92 Å². The molecule has 0 aliphatic carbocycles. The SMILES string of the molecule is Cc1cnn(-c2cccnc2C(N)=O)n1. The third-order valence-corrected chi connectivity index (χ3v) is 1.84. The number of hydrogen-bond donors (Lipinski definition) is 1. The maximum Gasteiger partial charge on any atom is 0.269 e. The lowest BCUT2D eigenvalue weighted by Crippen LogP contribution is -2.17. The Hall–Kier alpha value is -2.24. The Morgan fingerprint density at radius 3 is 2.93 bits per heavy atom. The molecule has 0 unspecified atom stereocenters. The molecule has 0 radical (unpaired) electrons. The van der Waals surface area contributed by atoms with Gasteiger partial charge in [0.1, 0.15) is 5.69 Å². The molecule has 0 aliphatic rings. The van der Waals surface area contributed by atoms with Crippen molar-refractivity contribution in [3.05, 3.63) is 35.9 Å². The van der Waals surface area contributed by atoms with Crippen LogP contribution in [0.2, 0.25) is 0 Å². The summed E-state index contributed by atoms with van der Waals surface area (Å²) in [6.45, 7) is 1.81. The van der Waals surface area contributed by atoms with Gasteiger partial charge in [0.15, 0.2) is 5.69 Å². The first-order valence-corrected chi connectivity index (χ1v) is 4.32. The number of nitrogens with two attached hydrogens (primary N) is 1. The van der Waals surface area contributed by atoms with Crippen molar-refractivity contribution in [1.82, 2.24) is 20.0 Å². The number of primary amides is 1. The molecule has 2 heterocycles. The summed E-state index contributed by atoms with van der Waals surface area (Å²) < 4.78 is 0. The summed E-state index contributed by atoms with van der Waals surface area (Å²) in [5.41, 5.74) is 6.59. The van der Waals surface area contributed by atoms with Crippen LogP contribution in [0.4, 0.5) is 0 Å². The number of pyridine rings is 1. The van der Waals surface area contributed by atoms with Crippen LogP contribution in [0, 0.1) is 6.92 Å². The Morgan fingerprint density at radius 1 is 1.53 bits per heavy atom. The van der Waals surface area contributed by atoms with Gasteiger partial charge >= 0.3 is 0 Å². The zero-order chi connectivity index (χ0) is 10.8. The average Bonchev–Trinajstić information content (AvgIpc) is 2.65. The van der Waals surface area contributed by atoms with E-state index in [1.165, 1.54) is 11.0 Å². The predicted molar refractivity (Wildman–Crippen MR) is 52.4 cm³/mol. The zero-order valence-corrected chi connectivity index (χ0v) is 8.08. The summed E-state index contributed by atoms with van der Waals surface area (Å²) in [5, 5.41) is 8.07. The van der Waals surface area contributed by atoms with Crippen molar-refractivity contribution in [2.45, 2.75) is 6.92 Å². The van der Waals surface area contributed by atoms with Crippen LogP contribution in [-0.4, -0.2) is 25.9 Å². The molecule has 1 amide bonds. The first kappa shape index (κ1) is 9.32. The van der Waals surface area contributed by atoms with Gasteiger partial charge in [-0.15, -0.1) is 4.80 Å². The van der Waals surface area contributed by atoms with E-state index < -0.39 is 5.91 Å². The van der Waals surface area contributed by atoms with E-state index in [-0.39, 0.29) is 5.69 Å². The van der Waals surface area contributed by atoms with E-state index in [2.05, 4.69) is 15.2 Å². The lowest BCUT2D eigenvalue weighted by Gasteiger charge is -2.02. The minimum absolute atomic E-state index is 0.160. The van der Waals surface area contributed by atoms with Crippen molar-refractivity contribution in [3.63, 3.8) is 0 Å². The van der Waals surface area contributed by atoms with E-state index >= 15 is 0 Å². The maximum atomic E-state index is 11.1. The molecule has 0 spiro atoms. The molecule has 0 bridgehead atoms. The Kier molecular flexibility index (Phi) is 2.17. The van der Waals surface area contributed by atoms with Crippen LogP contribution < -0.4 is 5.73 Å². The number of amides is 1. The van der Waals surface area contributed by atoms with Crippen LogP contribution >= 0.6 is 0 Å². The minimum Gasteiger partial charge on any atom is -0.364 e. The molecular weight excluding hydrogens is 194 g/mol. The van der Waals surface area contributed by atoms with Crippen LogP contribution in [0.5, 0.6) is 0 Å². The van der Waals surface area contributed by atoms with Gasteiger partial charge in [-0.2, -0.15) is 10.2 Å². The maximum absolute atomic E-state index is 11.1. The fourth-order valence-electron chi connectivity index (χ4n) is 1.20. The summed E-state index contributed by atoms with van der Waals surface area (Å²) in [7, 11) is 0. The van der Waals surface area contributed by atoms with Gasteiger partial charge in [0.2, 0.25) is 0 Å². The number of aryl methyl sites for hydroxylation is 1. The van der Waals surface area contributed by atoms with Crippen molar-refractivity contribution in [2.24, 2.45) is 5.73 Å². The molecule has 2 rings (SSSR count). The summed E-state index contributed by atoms with van der Waals surface area (Å²) in [6, 6.07) is 3.38. The first-order chi connectivity index (χ1) is 7.18. The molecule has 6 heteroatoms. The molecular formula is C9H9N5O. The highest BCUT2D eigenvalue weighted by molar-refractivity contribution is 5.94. The number of nitrogens with zero attached hydrogens (tertiary/aromatic N) is 4. The summed E-state index contributed by atoms with van der Waals surface area (Å²) in [5.74, 6) is -0.597. The van der Waals surface area contributed by atoms with Crippen LogP contribution in [0.25, 0.3) is 5.69 Å². The second-order valence-electron chi connectivity index (χ2n) is 3.01. The van der Waals surface area contributed by atoms with Gasteiger partial charge < -0.3 is 5.73 Å². The van der Waals surface area contributed by atoms with E-state index in [0.29, 0.717) is 5.69 Å². The van der Waals surface area contributed by atoms with Gasteiger partial charge in [0.25, 0.3) is 5.91 Å². The van der Waals surface area contributed by atoms with Gasteiger partial charge in [-0.05, 0) is 19.1 Å². The number of hydrogen-bond acceptors (Lipinski definition) is 4. The van der Waals surface area contributed by atoms with Gasteiger partial charge in [0, 0.05) is 6.20 Å². The highest BCUT2D eigenvalue weighted by Gasteiger charge is 2.11. The zero-order valence-electron chi connectivity index (χ0n) is 8.08. The molecule has 2 aromatic heterocycles. The van der Waals surface area contributed by atoms with Crippen molar-refractivity contribution in [2.75, 3.05) is 0 Å². The average molecular weight is 203 g/mol. The van der Waals surface area contributed by atoms with E-state index in [1.54, 1.807) is 18.3 Å². The number of rotatable bonds is 2.